The van der Waals surface area contributed by atoms with Crippen LogP contribution in [0, 0.1) is 0 Å². The van der Waals surface area contributed by atoms with Gasteiger partial charge in [-0.1, -0.05) is 72.8 Å². The van der Waals surface area contributed by atoms with E-state index in [0.29, 0.717) is 125 Å². The molecule has 0 unspecified atom stereocenters. The van der Waals surface area contributed by atoms with Gasteiger partial charge in [0.2, 0.25) is 0 Å². The van der Waals surface area contributed by atoms with Crippen molar-refractivity contribution in [2.24, 2.45) is 0 Å². The lowest BCUT2D eigenvalue weighted by atomic mass is 10.0. The van der Waals surface area contributed by atoms with Gasteiger partial charge in [-0.2, -0.15) is 0 Å². The molecule has 9 rings (SSSR count). The van der Waals surface area contributed by atoms with Crippen molar-refractivity contribution < 1.29 is 20.4 Å². The van der Waals surface area contributed by atoms with Crippen LogP contribution in [-0.2, 0) is 0 Å². The second kappa shape index (κ2) is 16.3. The molecule has 8 N–H and O–H groups in total. The van der Waals surface area contributed by atoms with E-state index in [1.54, 1.807) is 48.5 Å². The fraction of sp³-hybridized carbons (Fsp3) is 0. The van der Waals surface area contributed by atoms with Gasteiger partial charge in [0, 0.05) is 44.5 Å². The van der Waals surface area contributed by atoms with E-state index in [9.17, 15) is 20.4 Å². The molecule has 60 heavy (non-hydrogen) atoms. The molecule has 0 fully saturated rings. The number of hydrogen-bond donors (Lipinski definition) is 8. The first kappa shape index (κ1) is 41.9. The van der Waals surface area contributed by atoms with Crippen LogP contribution in [0.3, 0.4) is 0 Å². The molecule has 0 saturated carbocycles. The van der Waals surface area contributed by atoms with Gasteiger partial charge in [0.1, 0.15) is 23.0 Å². The van der Waals surface area contributed by atoms with E-state index in [1.807, 2.05) is 48.5 Å². The van der Waals surface area contributed by atoms with E-state index in [1.165, 1.54) is 0 Å². The van der Waals surface area contributed by atoms with Gasteiger partial charge < -0.3 is 40.4 Å². The molecule has 300 valence electrons. The summed E-state index contributed by atoms with van der Waals surface area (Å²) in [5.41, 5.74) is 6.69. The fourth-order valence-corrected chi connectivity index (χ4v) is 11.5. The van der Waals surface area contributed by atoms with Crippen LogP contribution in [0.2, 0.25) is 0 Å². The quantitative estimate of drug-likeness (QED) is 0.0888. The van der Waals surface area contributed by atoms with Gasteiger partial charge in [0.15, 0.2) is 0 Å². The van der Waals surface area contributed by atoms with Crippen molar-refractivity contribution in [3.63, 3.8) is 0 Å². The van der Waals surface area contributed by atoms with Crippen molar-refractivity contribution in [2.75, 3.05) is 0 Å². The first-order chi connectivity index (χ1) is 28.8. The summed E-state index contributed by atoms with van der Waals surface area (Å²) >= 11 is 31.3. The Bertz CT molecular complexity index is 2940. The number of aromatic amines is 4. The predicted molar refractivity (Wildman–Crippen MR) is 262 cm³/mol. The fourth-order valence-electron chi connectivity index (χ4n) is 7.51. The van der Waals surface area contributed by atoms with Crippen LogP contribution in [0.15, 0.2) is 133 Å². The number of phenols is 4. The third kappa shape index (κ3) is 6.71. The molecule has 0 saturated heterocycles. The van der Waals surface area contributed by atoms with Crippen LogP contribution in [0.4, 0.5) is 0 Å². The highest BCUT2D eigenvalue weighted by atomic mass is 79.9. The number of para-hydroxylation sites is 4. The van der Waals surface area contributed by atoms with Crippen molar-refractivity contribution in [1.82, 2.24) is 19.9 Å². The normalized spacial score (nSPS) is 12.8. The summed E-state index contributed by atoms with van der Waals surface area (Å²) in [5.74, 6) is 0.125. The molecule has 5 heterocycles. The molecule has 4 aromatic heterocycles. The number of hydrogen-bond acceptors (Lipinski definition) is 4. The van der Waals surface area contributed by atoms with E-state index in [4.69, 9.17) is 0 Å². The van der Waals surface area contributed by atoms with E-state index in [-0.39, 0.29) is 23.0 Å². The Hall–Kier alpha value is -3.48. The van der Waals surface area contributed by atoms with E-state index in [0.717, 1.165) is 0 Å². The van der Waals surface area contributed by atoms with Crippen molar-refractivity contribution in [3.05, 3.63) is 199 Å². The lowest BCUT2D eigenvalue weighted by Gasteiger charge is -2.12. The minimum atomic E-state index is 0.0312. The van der Waals surface area contributed by atoms with Crippen LogP contribution in [0.5, 0.6) is 23.0 Å². The highest BCUT2D eigenvalue weighted by Gasteiger charge is 2.30. The number of aromatic nitrogens is 4. The summed E-state index contributed by atoms with van der Waals surface area (Å²) in [7, 11) is 0. The number of H-pyrrole nitrogens is 4. The Morgan fingerprint density at radius 2 is 0.467 bits per heavy atom. The second-order valence-electron chi connectivity index (χ2n) is 13.6. The highest BCUT2D eigenvalue weighted by Crippen LogP contribution is 2.45. The van der Waals surface area contributed by atoms with Crippen LogP contribution in [-0.4, -0.2) is 40.4 Å². The van der Waals surface area contributed by atoms with Gasteiger partial charge in [-0.25, -0.2) is 0 Å². The molecule has 8 bridgehead atoms. The topological polar surface area (TPSA) is 144 Å². The summed E-state index contributed by atoms with van der Waals surface area (Å²) < 4.78 is 5.01. The average molecular weight is 1310 g/mol. The molecule has 0 amide bonds. The van der Waals surface area contributed by atoms with Gasteiger partial charge >= 0.3 is 0 Å². The molecule has 0 spiro atoms. The van der Waals surface area contributed by atoms with Crippen molar-refractivity contribution in [1.29, 1.82) is 0 Å². The molecule has 0 radical (unpaired) electrons. The van der Waals surface area contributed by atoms with E-state index >= 15 is 0 Å². The molecule has 8 aromatic rings. The van der Waals surface area contributed by atoms with Crippen LogP contribution < -0.4 is 21.4 Å². The second-order valence-corrected chi connectivity index (χ2v) is 19.9. The van der Waals surface area contributed by atoms with Crippen molar-refractivity contribution in [3.8, 4) is 23.0 Å². The zero-order valence-corrected chi connectivity index (χ0v) is 42.7. The zero-order chi connectivity index (χ0) is 42.3. The number of rotatable bonds is 4. The average Bonchev–Trinajstić information content (AvgIpc) is 3.89. The highest BCUT2D eigenvalue weighted by molar-refractivity contribution is 9.14. The Morgan fingerprint density at radius 1 is 0.267 bits per heavy atom. The third-order valence-electron chi connectivity index (χ3n) is 10.2. The lowest BCUT2D eigenvalue weighted by molar-refractivity contribution is 0.473. The molecular weight excluding hydrogens is 1290 g/mol. The largest absolute Gasteiger partial charge is 0.507 e. The molecule has 8 nitrogen and oxygen atoms in total. The van der Waals surface area contributed by atoms with Gasteiger partial charge in [-0.15, -0.1) is 0 Å². The maximum atomic E-state index is 11.6. The first-order valence-corrected chi connectivity index (χ1v) is 24.1. The monoisotopic (exact) mass is 1300 g/mol. The molecular formula is C44H24Br8N4O4. The number of fused-ring (bicyclic) bond motifs is 8. The Labute approximate surface area is 407 Å². The molecule has 16 heteroatoms. The van der Waals surface area contributed by atoms with Gasteiger partial charge in [-0.05, 0) is 152 Å². The molecule has 1 aliphatic heterocycles. The Kier molecular flexibility index (Phi) is 11.4. The van der Waals surface area contributed by atoms with Crippen LogP contribution >= 0.6 is 127 Å². The zero-order valence-electron chi connectivity index (χ0n) is 30.1. The van der Waals surface area contributed by atoms with Crippen molar-refractivity contribution >= 4 is 150 Å². The van der Waals surface area contributed by atoms with Gasteiger partial charge in [-0.3, -0.25) is 0 Å². The number of halogens is 8. The van der Waals surface area contributed by atoms with Gasteiger partial charge in [0.25, 0.3) is 0 Å². The number of aromatic hydroxyl groups is 4. The third-order valence-corrected chi connectivity index (χ3v) is 18.7. The minimum absolute atomic E-state index is 0.0312. The van der Waals surface area contributed by atoms with E-state index < -0.39 is 0 Å². The van der Waals surface area contributed by atoms with Gasteiger partial charge in [0.05, 0.1) is 80.0 Å². The maximum absolute atomic E-state index is 11.6. The summed E-state index contributed by atoms with van der Waals surface area (Å²) in [6.45, 7) is 0. The summed E-state index contributed by atoms with van der Waals surface area (Å²) in [4.78, 5) is 14.7. The van der Waals surface area contributed by atoms with Crippen LogP contribution in [0.25, 0.3) is 22.3 Å². The number of nitrogens with one attached hydrogen (secondary N) is 4. The molecule has 4 aromatic carbocycles. The smallest absolute Gasteiger partial charge is 0.123 e. The first-order valence-electron chi connectivity index (χ1n) is 17.7. The number of phenolic OH excluding ortho intramolecular Hbond substituents is 4. The molecule has 0 aliphatic carbocycles. The summed E-state index contributed by atoms with van der Waals surface area (Å²) in [6, 6.07) is 28.3. The summed E-state index contributed by atoms with van der Waals surface area (Å²) in [5, 5.41) is 48.6. The lowest BCUT2D eigenvalue weighted by Crippen LogP contribution is -2.20. The Balaban J connectivity index is 1.62. The molecule has 1 aliphatic rings. The number of benzene rings is 4. The molecule has 0 atom stereocenters. The summed E-state index contributed by atoms with van der Waals surface area (Å²) in [6.07, 6.45) is 0. The predicted octanol–water partition coefficient (Wildman–Crippen LogP) is 11.2. The van der Waals surface area contributed by atoms with Crippen molar-refractivity contribution in [2.45, 2.75) is 0 Å². The van der Waals surface area contributed by atoms with E-state index in [2.05, 4.69) is 147 Å². The standard InChI is InChI=1S/C44H24Br8N4O4/c45-29-31(47)39-26(18-10-2-6-14-22(18)58)41-33(49)35(51)43(55-41)28(20-12-4-8-16-24(20)60)44-36(52)34(50)42(56-44)27(19-11-3-7-15-23(19)59)40-32(48)30(46)38(54-40)25(37(29)53-39)17-9-1-5-13-21(17)57/h1-16,53-60H. The maximum Gasteiger partial charge on any atom is 0.123 e. The van der Waals surface area contributed by atoms with Crippen LogP contribution in [0.1, 0.15) is 45.0 Å². The SMILES string of the molecule is Oc1ccccc1C1=c2[nH]c(c(Br)c2Br)=C(c2ccccc2O)c2[nH]c(c(Br)c2Br)C(c2ccccc2O)=c2[nH]c(c(Br)c2Br)=C(c2ccccc2O)c2[nH]c1c(Br)c2Br. The minimum Gasteiger partial charge on any atom is -0.507 e. The Morgan fingerprint density at radius 3 is 0.667 bits per heavy atom.